The lowest BCUT2D eigenvalue weighted by atomic mass is 10.1. The molecule has 0 bridgehead atoms. The van der Waals surface area contributed by atoms with E-state index in [0.29, 0.717) is 19.4 Å². The van der Waals surface area contributed by atoms with Gasteiger partial charge in [-0.2, -0.15) is 0 Å². The molecule has 0 amide bonds. The summed E-state index contributed by atoms with van der Waals surface area (Å²) in [6, 6.07) is 0.914. The maximum Gasteiger partial charge on any atom is 0.166 e. The number of benzene rings is 1. The largest absolute Gasteiger partial charge is 0.505 e. The highest BCUT2D eigenvalue weighted by molar-refractivity contribution is 9.10. The highest BCUT2D eigenvalue weighted by Crippen LogP contribution is 2.31. The summed E-state index contributed by atoms with van der Waals surface area (Å²) in [5.41, 5.74) is 5.30. The summed E-state index contributed by atoms with van der Waals surface area (Å²) in [6.07, 6.45) is 1.62. The van der Waals surface area contributed by atoms with Crippen molar-refractivity contribution in [2.45, 2.75) is 19.3 Å². The van der Waals surface area contributed by atoms with Crippen molar-refractivity contribution in [2.24, 2.45) is 5.73 Å². The van der Waals surface area contributed by atoms with Crippen LogP contribution in [0.25, 0.3) is 0 Å². The van der Waals surface area contributed by atoms with E-state index in [4.69, 9.17) is 5.73 Å². The molecule has 0 aliphatic carbocycles. The van der Waals surface area contributed by atoms with E-state index in [-0.39, 0.29) is 16.5 Å². The summed E-state index contributed by atoms with van der Waals surface area (Å²) in [4.78, 5) is 0. The van der Waals surface area contributed by atoms with Gasteiger partial charge < -0.3 is 10.8 Å². The number of phenols is 1. The summed E-state index contributed by atoms with van der Waals surface area (Å²) in [5, 5.41) is 9.34. The van der Waals surface area contributed by atoms with Crippen LogP contribution in [0.2, 0.25) is 0 Å². The molecule has 0 aliphatic rings. The van der Waals surface area contributed by atoms with E-state index in [0.717, 1.165) is 6.07 Å². The Morgan fingerprint density at radius 3 is 2.60 bits per heavy atom. The molecule has 5 heteroatoms. The summed E-state index contributed by atoms with van der Waals surface area (Å²) >= 11 is 2.89. The Balaban J connectivity index is 2.94. The second kappa shape index (κ2) is 5.42. The molecule has 0 aromatic heterocycles. The fraction of sp³-hybridized carbons (Fsp3) is 0.400. The maximum atomic E-state index is 13.5. The van der Waals surface area contributed by atoms with Crippen LogP contribution in [0.4, 0.5) is 8.78 Å². The lowest BCUT2D eigenvalue weighted by Crippen LogP contribution is -2.01. The molecule has 0 saturated heterocycles. The van der Waals surface area contributed by atoms with E-state index in [1.54, 1.807) is 0 Å². The lowest BCUT2D eigenvalue weighted by Gasteiger charge is -2.08. The summed E-state index contributed by atoms with van der Waals surface area (Å²) in [5.74, 6) is -2.02. The van der Waals surface area contributed by atoms with Crippen LogP contribution < -0.4 is 5.73 Å². The van der Waals surface area contributed by atoms with Gasteiger partial charge in [0.05, 0.1) is 4.47 Å². The van der Waals surface area contributed by atoms with Crippen molar-refractivity contribution in [2.75, 3.05) is 6.54 Å². The summed E-state index contributed by atoms with van der Waals surface area (Å²) in [6.45, 7) is 0.499. The number of unbranched alkanes of at least 4 members (excludes halogenated alkanes) is 1. The number of hydrogen-bond donors (Lipinski definition) is 2. The van der Waals surface area contributed by atoms with Gasteiger partial charge in [0.2, 0.25) is 0 Å². The zero-order chi connectivity index (χ0) is 11.4. The van der Waals surface area contributed by atoms with Gasteiger partial charge >= 0.3 is 0 Å². The van der Waals surface area contributed by atoms with Gasteiger partial charge in [-0.15, -0.1) is 0 Å². The molecule has 0 heterocycles. The molecule has 0 saturated carbocycles. The number of nitrogens with two attached hydrogens (primary N) is 1. The average Bonchev–Trinajstić information content (AvgIpc) is 2.20. The number of halogens is 3. The highest BCUT2D eigenvalue weighted by Gasteiger charge is 2.16. The fourth-order valence-corrected chi connectivity index (χ4v) is 1.75. The van der Waals surface area contributed by atoms with E-state index in [1.807, 2.05) is 0 Å². The Morgan fingerprint density at radius 2 is 2.00 bits per heavy atom. The molecule has 84 valence electrons. The van der Waals surface area contributed by atoms with Gasteiger partial charge in [-0.25, -0.2) is 8.78 Å². The smallest absolute Gasteiger partial charge is 0.166 e. The van der Waals surface area contributed by atoms with E-state index >= 15 is 0 Å². The van der Waals surface area contributed by atoms with Crippen LogP contribution in [-0.4, -0.2) is 11.7 Å². The molecule has 1 aromatic rings. The first-order chi connectivity index (χ1) is 7.07. The van der Waals surface area contributed by atoms with Crippen LogP contribution in [0, 0.1) is 11.6 Å². The molecule has 0 unspecified atom stereocenters. The van der Waals surface area contributed by atoms with Crippen molar-refractivity contribution in [3.63, 3.8) is 0 Å². The Morgan fingerprint density at radius 1 is 1.33 bits per heavy atom. The van der Waals surface area contributed by atoms with Gasteiger partial charge in [0.15, 0.2) is 11.6 Å². The molecule has 0 spiro atoms. The number of hydrogen-bond acceptors (Lipinski definition) is 2. The molecule has 0 atom stereocenters. The molecule has 1 aromatic carbocycles. The predicted octanol–water partition coefficient (Wildman–Crippen LogP) is 2.71. The van der Waals surface area contributed by atoms with Crippen LogP contribution in [0.1, 0.15) is 18.4 Å². The van der Waals surface area contributed by atoms with Crippen LogP contribution in [0.5, 0.6) is 5.75 Å². The maximum absolute atomic E-state index is 13.5. The van der Waals surface area contributed by atoms with Crippen molar-refractivity contribution < 1.29 is 13.9 Å². The third kappa shape index (κ3) is 2.89. The van der Waals surface area contributed by atoms with Gasteiger partial charge in [-0.05, 0) is 47.8 Å². The van der Waals surface area contributed by atoms with Crippen LogP contribution in [0.3, 0.4) is 0 Å². The minimum Gasteiger partial charge on any atom is -0.505 e. The molecule has 0 fully saturated rings. The molecule has 0 aliphatic heterocycles. The molecule has 1 rings (SSSR count). The first-order valence-corrected chi connectivity index (χ1v) is 5.42. The van der Waals surface area contributed by atoms with Gasteiger partial charge in [0.25, 0.3) is 0 Å². The molecule has 3 N–H and O–H groups in total. The van der Waals surface area contributed by atoms with E-state index in [1.165, 1.54) is 0 Å². The molecule has 0 radical (unpaired) electrons. The summed E-state index contributed by atoms with van der Waals surface area (Å²) in [7, 11) is 0. The Bertz CT molecular complexity index is 332. The summed E-state index contributed by atoms with van der Waals surface area (Å²) < 4.78 is 26.6. The van der Waals surface area contributed by atoms with Gasteiger partial charge in [-0.3, -0.25) is 0 Å². The van der Waals surface area contributed by atoms with Gasteiger partial charge in [-0.1, -0.05) is 0 Å². The van der Waals surface area contributed by atoms with Crippen molar-refractivity contribution in [3.05, 3.63) is 27.7 Å². The molecular weight excluding hydrogens is 268 g/mol. The topological polar surface area (TPSA) is 46.2 Å². The van der Waals surface area contributed by atoms with Crippen LogP contribution in [-0.2, 0) is 6.42 Å². The minimum atomic E-state index is -0.814. The molecular formula is C10H12BrF2NO. The van der Waals surface area contributed by atoms with Gasteiger partial charge in [0, 0.05) is 5.56 Å². The fourth-order valence-electron chi connectivity index (χ4n) is 1.31. The second-order valence-corrected chi connectivity index (χ2v) is 4.08. The average molecular weight is 280 g/mol. The minimum absolute atomic E-state index is 0.00956. The zero-order valence-electron chi connectivity index (χ0n) is 8.06. The van der Waals surface area contributed by atoms with E-state index < -0.39 is 17.4 Å². The van der Waals surface area contributed by atoms with Crippen molar-refractivity contribution in [1.82, 2.24) is 0 Å². The molecule has 2 nitrogen and oxygen atoms in total. The first-order valence-electron chi connectivity index (χ1n) is 4.63. The third-order valence-corrected chi connectivity index (χ3v) is 2.70. The van der Waals surface area contributed by atoms with Crippen molar-refractivity contribution in [1.29, 1.82) is 0 Å². The highest BCUT2D eigenvalue weighted by atomic mass is 79.9. The SMILES string of the molecule is NCCCCc1c(O)c(F)cc(Br)c1F. The second-order valence-electron chi connectivity index (χ2n) is 3.23. The monoisotopic (exact) mass is 279 g/mol. The zero-order valence-corrected chi connectivity index (χ0v) is 9.65. The Kier molecular flexibility index (Phi) is 4.47. The third-order valence-electron chi connectivity index (χ3n) is 2.12. The Labute approximate surface area is 95.2 Å². The lowest BCUT2D eigenvalue weighted by molar-refractivity contribution is 0.415. The number of aromatic hydroxyl groups is 1. The quantitative estimate of drug-likeness (QED) is 0.658. The number of phenolic OH excluding ortho intramolecular Hbond substituents is 1. The first kappa shape index (κ1) is 12.4. The molecule has 15 heavy (non-hydrogen) atoms. The van der Waals surface area contributed by atoms with Crippen LogP contribution >= 0.6 is 15.9 Å². The Hall–Kier alpha value is -0.680. The normalized spacial score (nSPS) is 10.7. The van der Waals surface area contributed by atoms with Crippen LogP contribution in [0.15, 0.2) is 10.5 Å². The van der Waals surface area contributed by atoms with E-state index in [2.05, 4.69) is 15.9 Å². The van der Waals surface area contributed by atoms with Gasteiger partial charge in [0.1, 0.15) is 5.82 Å². The van der Waals surface area contributed by atoms with Crippen molar-refractivity contribution >= 4 is 15.9 Å². The predicted molar refractivity (Wildman–Crippen MR) is 57.7 cm³/mol. The number of rotatable bonds is 4. The van der Waals surface area contributed by atoms with Crippen molar-refractivity contribution in [3.8, 4) is 5.75 Å². The standard InChI is InChI=1S/C10H12BrF2NO/c11-7-5-8(12)10(15)6(9(7)13)3-1-2-4-14/h5,15H,1-4,14H2. The van der Waals surface area contributed by atoms with E-state index in [9.17, 15) is 13.9 Å².